The van der Waals surface area contributed by atoms with Crippen LogP contribution in [0.4, 0.5) is 0 Å². The fraction of sp³-hybridized carbons (Fsp3) is 0.923. The average molecular weight is 229 g/mol. The minimum atomic E-state index is -0.711. The molecule has 16 heavy (non-hydrogen) atoms. The van der Waals surface area contributed by atoms with Crippen LogP contribution >= 0.6 is 0 Å². The van der Waals surface area contributed by atoms with E-state index in [1.807, 2.05) is 7.05 Å². The first kappa shape index (κ1) is 15.4. The first-order valence-electron chi connectivity index (χ1n) is 6.17. The van der Waals surface area contributed by atoms with Gasteiger partial charge in [-0.25, -0.2) is 0 Å². The summed E-state index contributed by atoms with van der Waals surface area (Å²) in [4.78, 5) is 12.9. The number of carbonyl (C=O) groups is 1. The molecule has 1 N–H and O–H groups in total. The van der Waals surface area contributed by atoms with Crippen molar-refractivity contribution < 1.29 is 9.90 Å². The van der Waals surface area contributed by atoms with Crippen LogP contribution in [0.2, 0.25) is 0 Å². The fourth-order valence-electron chi connectivity index (χ4n) is 2.17. The van der Waals surface area contributed by atoms with Gasteiger partial charge in [0.1, 0.15) is 0 Å². The van der Waals surface area contributed by atoms with Crippen LogP contribution in [-0.2, 0) is 4.79 Å². The zero-order valence-corrected chi connectivity index (χ0v) is 11.5. The zero-order valence-electron chi connectivity index (χ0n) is 11.5. The van der Waals surface area contributed by atoms with E-state index in [1.54, 1.807) is 6.92 Å². The van der Waals surface area contributed by atoms with Gasteiger partial charge in [0.05, 0.1) is 5.92 Å². The molecule has 0 aliphatic rings. The summed E-state index contributed by atoms with van der Waals surface area (Å²) < 4.78 is 0. The van der Waals surface area contributed by atoms with Crippen LogP contribution in [0.25, 0.3) is 0 Å². The second-order valence-electron chi connectivity index (χ2n) is 5.61. The standard InChI is InChI=1S/C13H27NO2/c1-9(2)12(10(3)4)8-14(6)7-11(5)13(15)16/h9-12H,7-8H2,1-6H3,(H,15,16). The van der Waals surface area contributed by atoms with Crippen LogP contribution in [-0.4, -0.2) is 36.1 Å². The van der Waals surface area contributed by atoms with Crippen molar-refractivity contribution in [3.8, 4) is 0 Å². The van der Waals surface area contributed by atoms with Crippen molar-refractivity contribution in [2.45, 2.75) is 34.6 Å². The predicted molar refractivity (Wildman–Crippen MR) is 67.5 cm³/mol. The minimum Gasteiger partial charge on any atom is -0.481 e. The maximum atomic E-state index is 10.8. The molecule has 0 aromatic rings. The molecule has 0 heterocycles. The van der Waals surface area contributed by atoms with E-state index in [9.17, 15) is 4.79 Å². The number of carboxylic acids is 1. The van der Waals surface area contributed by atoms with Gasteiger partial charge in [0.25, 0.3) is 0 Å². The summed E-state index contributed by atoms with van der Waals surface area (Å²) in [7, 11) is 2.01. The zero-order chi connectivity index (χ0) is 12.9. The Bertz CT molecular complexity index is 206. The van der Waals surface area contributed by atoms with E-state index >= 15 is 0 Å². The highest BCUT2D eigenvalue weighted by atomic mass is 16.4. The molecular formula is C13H27NO2. The summed E-state index contributed by atoms with van der Waals surface area (Å²) >= 11 is 0. The van der Waals surface area contributed by atoms with Gasteiger partial charge in [-0.15, -0.1) is 0 Å². The largest absolute Gasteiger partial charge is 0.481 e. The average Bonchev–Trinajstić information content (AvgIpc) is 2.12. The molecule has 0 saturated carbocycles. The number of rotatable bonds is 7. The van der Waals surface area contributed by atoms with Crippen LogP contribution in [0.3, 0.4) is 0 Å². The Morgan fingerprint density at radius 3 is 1.81 bits per heavy atom. The lowest BCUT2D eigenvalue weighted by atomic mass is 9.85. The van der Waals surface area contributed by atoms with Crippen LogP contribution < -0.4 is 0 Å². The molecule has 0 rings (SSSR count). The third-order valence-electron chi connectivity index (χ3n) is 3.24. The van der Waals surface area contributed by atoms with E-state index in [-0.39, 0.29) is 5.92 Å². The van der Waals surface area contributed by atoms with Gasteiger partial charge < -0.3 is 10.0 Å². The molecule has 0 aliphatic heterocycles. The highest BCUT2D eigenvalue weighted by molar-refractivity contribution is 5.69. The van der Waals surface area contributed by atoms with Gasteiger partial charge in [-0.1, -0.05) is 34.6 Å². The Kier molecular flexibility index (Phi) is 6.65. The maximum absolute atomic E-state index is 10.8. The Morgan fingerprint density at radius 1 is 1.06 bits per heavy atom. The molecule has 0 amide bonds. The van der Waals surface area contributed by atoms with Gasteiger partial charge in [-0.2, -0.15) is 0 Å². The molecule has 3 heteroatoms. The Balaban J connectivity index is 4.20. The van der Waals surface area contributed by atoms with Crippen LogP contribution in [0.5, 0.6) is 0 Å². The Hall–Kier alpha value is -0.570. The van der Waals surface area contributed by atoms with Crippen molar-refractivity contribution in [2.24, 2.45) is 23.7 Å². The fourth-order valence-corrected chi connectivity index (χ4v) is 2.17. The number of nitrogens with zero attached hydrogens (tertiary/aromatic N) is 1. The lowest BCUT2D eigenvalue weighted by Crippen LogP contribution is -2.35. The molecule has 1 unspecified atom stereocenters. The summed E-state index contributed by atoms with van der Waals surface area (Å²) in [6.07, 6.45) is 0. The molecule has 0 spiro atoms. The molecule has 0 aromatic heterocycles. The van der Waals surface area contributed by atoms with Crippen molar-refractivity contribution in [3.05, 3.63) is 0 Å². The van der Waals surface area contributed by atoms with Gasteiger partial charge in [-0.05, 0) is 24.8 Å². The van der Waals surface area contributed by atoms with Crippen LogP contribution in [0.15, 0.2) is 0 Å². The molecule has 0 aliphatic carbocycles. The van der Waals surface area contributed by atoms with Gasteiger partial charge in [0.2, 0.25) is 0 Å². The Morgan fingerprint density at radius 2 is 1.50 bits per heavy atom. The van der Waals surface area contributed by atoms with Gasteiger partial charge in [0, 0.05) is 13.1 Å². The van der Waals surface area contributed by atoms with Crippen LogP contribution in [0.1, 0.15) is 34.6 Å². The molecule has 0 aromatic carbocycles. The quantitative estimate of drug-likeness (QED) is 0.729. The molecule has 3 nitrogen and oxygen atoms in total. The third kappa shape index (κ3) is 5.50. The molecule has 1 atom stereocenters. The summed E-state index contributed by atoms with van der Waals surface area (Å²) in [6.45, 7) is 12.3. The second-order valence-corrected chi connectivity index (χ2v) is 5.61. The molecular weight excluding hydrogens is 202 g/mol. The Labute approximate surface area is 99.8 Å². The van der Waals surface area contributed by atoms with E-state index in [0.29, 0.717) is 24.3 Å². The van der Waals surface area contributed by atoms with Crippen molar-refractivity contribution in [3.63, 3.8) is 0 Å². The van der Waals surface area contributed by atoms with E-state index in [0.717, 1.165) is 6.54 Å². The van der Waals surface area contributed by atoms with Gasteiger partial charge in [0.15, 0.2) is 0 Å². The number of aliphatic carboxylic acids is 1. The normalized spacial score (nSPS) is 14.1. The van der Waals surface area contributed by atoms with E-state index in [1.165, 1.54) is 0 Å². The maximum Gasteiger partial charge on any atom is 0.307 e. The second kappa shape index (κ2) is 6.89. The molecule has 96 valence electrons. The van der Waals surface area contributed by atoms with Crippen molar-refractivity contribution in [1.82, 2.24) is 4.90 Å². The number of hydrogen-bond acceptors (Lipinski definition) is 2. The first-order valence-corrected chi connectivity index (χ1v) is 6.17. The van der Waals surface area contributed by atoms with Crippen LogP contribution in [0, 0.1) is 23.7 Å². The highest BCUT2D eigenvalue weighted by Gasteiger charge is 2.21. The van der Waals surface area contributed by atoms with Crippen molar-refractivity contribution in [1.29, 1.82) is 0 Å². The predicted octanol–water partition coefficient (Wildman–Crippen LogP) is 2.57. The van der Waals surface area contributed by atoms with E-state index < -0.39 is 5.97 Å². The van der Waals surface area contributed by atoms with E-state index in [2.05, 4.69) is 32.6 Å². The first-order chi connectivity index (χ1) is 7.25. The van der Waals surface area contributed by atoms with Gasteiger partial charge >= 0.3 is 5.97 Å². The monoisotopic (exact) mass is 229 g/mol. The number of hydrogen-bond donors (Lipinski definition) is 1. The SMILES string of the molecule is CC(CN(C)CC(C(C)C)C(C)C)C(=O)O. The highest BCUT2D eigenvalue weighted by Crippen LogP contribution is 2.21. The minimum absolute atomic E-state index is 0.287. The van der Waals surface area contributed by atoms with Gasteiger partial charge in [-0.3, -0.25) is 4.79 Å². The van der Waals surface area contributed by atoms with E-state index in [4.69, 9.17) is 5.11 Å². The number of carboxylic acid groups (broad SMARTS) is 1. The molecule has 0 radical (unpaired) electrons. The smallest absolute Gasteiger partial charge is 0.307 e. The summed E-state index contributed by atoms with van der Waals surface area (Å²) in [6, 6.07) is 0. The summed E-state index contributed by atoms with van der Waals surface area (Å²) in [5.41, 5.74) is 0. The lowest BCUT2D eigenvalue weighted by Gasteiger charge is -2.30. The topological polar surface area (TPSA) is 40.5 Å². The molecule has 0 saturated heterocycles. The summed E-state index contributed by atoms with van der Waals surface area (Å²) in [5.74, 6) is 0.915. The summed E-state index contributed by atoms with van der Waals surface area (Å²) in [5, 5.41) is 8.86. The third-order valence-corrected chi connectivity index (χ3v) is 3.24. The molecule has 0 fully saturated rings. The lowest BCUT2D eigenvalue weighted by molar-refractivity contribution is -0.141. The van der Waals surface area contributed by atoms with Crippen molar-refractivity contribution in [2.75, 3.05) is 20.1 Å². The molecule has 0 bridgehead atoms. The van der Waals surface area contributed by atoms with Crippen molar-refractivity contribution >= 4 is 5.97 Å².